The first kappa shape index (κ1) is 18.9. The predicted molar refractivity (Wildman–Crippen MR) is 99.6 cm³/mol. The zero-order chi connectivity index (χ0) is 18.2. The number of hydrogen-bond acceptors (Lipinski definition) is 4. The number of amides is 2. The molecule has 0 bridgehead atoms. The quantitative estimate of drug-likeness (QED) is 0.615. The molecule has 0 spiro atoms. The molecule has 2 rings (SSSR count). The maximum Gasteiger partial charge on any atom is 0.276 e. The van der Waals surface area contributed by atoms with Crippen molar-refractivity contribution in [2.75, 3.05) is 12.4 Å². The van der Waals surface area contributed by atoms with E-state index in [1.54, 1.807) is 0 Å². The molecule has 0 aliphatic carbocycles. The molecule has 132 valence electrons. The lowest BCUT2D eigenvalue weighted by molar-refractivity contribution is -0.128. The van der Waals surface area contributed by atoms with Gasteiger partial charge in [0.2, 0.25) is 5.91 Å². The third-order valence-corrected chi connectivity index (χ3v) is 4.50. The zero-order valence-electron chi connectivity index (χ0n) is 14.6. The van der Waals surface area contributed by atoms with E-state index in [9.17, 15) is 9.59 Å². The molecule has 0 atom stereocenters. The SMILES string of the molecule is Cc1ccc(SCC(=O)NNC(=O)COc2c(C)cccc2C)cc1. The average Bonchev–Trinajstić information content (AvgIpc) is 2.59. The van der Waals surface area contributed by atoms with E-state index in [4.69, 9.17) is 4.74 Å². The molecule has 0 radical (unpaired) electrons. The van der Waals surface area contributed by atoms with Crippen LogP contribution in [0.5, 0.6) is 5.75 Å². The molecule has 0 fully saturated rings. The molecule has 25 heavy (non-hydrogen) atoms. The van der Waals surface area contributed by atoms with Gasteiger partial charge in [-0.15, -0.1) is 11.8 Å². The van der Waals surface area contributed by atoms with Crippen LogP contribution in [0.4, 0.5) is 0 Å². The van der Waals surface area contributed by atoms with Crippen LogP contribution in [-0.2, 0) is 9.59 Å². The van der Waals surface area contributed by atoms with Gasteiger partial charge in [-0.3, -0.25) is 20.4 Å². The number of aryl methyl sites for hydroxylation is 3. The number of ether oxygens (including phenoxy) is 1. The lowest BCUT2D eigenvalue weighted by atomic mass is 10.1. The fraction of sp³-hybridized carbons (Fsp3) is 0.263. The summed E-state index contributed by atoms with van der Waals surface area (Å²) in [4.78, 5) is 24.6. The van der Waals surface area contributed by atoms with Crippen molar-refractivity contribution < 1.29 is 14.3 Å². The minimum absolute atomic E-state index is 0.156. The van der Waals surface area contributed by atoms with Crippen molar-refractivity contribution in [2.24, 2.45) is 0 Å². The van der Waals surface area contributed by atoms with E-state index >= 15 is 0 Å². The summed E-state index contributed by atoms with van der Waals surface area (Å²) in [6, 6.07) is 13.7. The van der Waals surface area contributed by atoms with E-state index in [2.05, 4.69) is 10.9 Å². The average molecular weight is 358 g/mol. The Morgan fingerprint density at radius 3 is 2.16 bits per heavy atom. The molecule has 0 saturated carbocycles. The Bertz CT molecular complexity index is 725. The Morgan fingerprint density at radius 1 is 0.920 bits per heavy atom. The molecule has 2 N–H and O–H groups in total. The summed E-state index contributed by atoms with van der Waals surface area (Å²) in [5, 5.41) is 0. The van der Waals surface area contributed by atoms with Crippen LogP contribution in [-0.4, -0.2) is 24.2 Å². The molecule has 5 nitrogen and oxygen atoms in total. The summed E-state index contributed by atoms with van der Waals surface area (Å²) in [7, 11) is 0. The Labute approximate surface area is 152 Å². The van der Waals surface area contributed by atoms with Gasteiger partial charge in [0, 0.05) is 4.90 Å². The molecule has 2 aromatic carbocycles. The molecule has 0 heterocycles. The van der Waals surface area contributed by atoms with Gasteiger partial charge in [0.05, 0.1) is 5.75 Å². The highest BCUT2D eigenvalue weighted by Gasteiger charge is 2.09. The standard InChI is InChI=1S/C19H22N2O3S/c1-13-7-9-16(10-8-13)25-12-18(23)21-20-17(22)11-24-19-14(2)5-4-6-15(19)3/h4-10H,11-12H2,1-3H3,(H,20,22)(H,21,23). The molecule has 6 heteroatoms. The number of hydrazine groups is 1. The number of carbonyl (C=O) groups excluding carboxylic acids is 2. The van der Waals surface area contributed by atoms with Crippen LogP contribution >= 0.6 is 11.8 Å². The van der Waals surface area contributed by atoms with Crippen molar-refractivity contribution in [3.63, 3.8) is 0 Å². The maximum atomic E-state index is 11.8. The Balaban J connectivity index is 1.70. The normalized spacial score (nSPS) is 10.2. The Kier molecular flexibility index (Phi) is 6.89. The second kappa shape index (κ2) is 9.13. The lowest BCUT2D eigenvalue weighted by Crippen LogP contribution is -2.44. The lowest BCUT2D eigenvalue weighted by Gasteiger charge is -2.12. The molecule has 0 aromatic heterocycles. The van der Waals surface area contributed by atoms with Crippen molar-refractivity contribution >= 4 is 23.6 Å². The van der Waals surface area contributed by atoms with Gasteiger partial charge in [-0.25, -0.2) is 0 Å². The smallest absolute Gasteiger partial charge is 0.276 e. The largest absolute Gasteiger partial charge is 0.483 e. The van der Waals surface area contributed by atoms with Crippen LogP contribution in [0.25, 0.3) is 0 Å². The van der Waals surface area contributed by atoms with E-state index in [-0.39, 0.29) is 18.3 Å². The van der Waals surface area contributed by atoms with Crippen molar-refractivity contribution in [3.05, 3.63) is 59.2 Å². The molecule has 2 aromatic rings. The van der Waals surface area contributed by atoms with Crippen LogP contribution in [0.3, 0.4) is 0 Å². The van der Waals surface area contributed by atoms with Crippen LogP contribution in [0, 0.1) is 20.8 Å². The van der Waals surface area contributed by atoms with Gasteiger partial charge in [0.1, 0.15) is 5.75 Å². The highest BCUT2D eigenvalue weighted by Crippen LogP contribution is 2.22. The van der Waals surface area contributed by atoms with E-state index in [1.165, 1.54) is 17.3 Å². The summed E-state index contributed by atoms with van der Waals surface area (Å²) in [6.07, 6.45) is 0. The number of hydrogen-bond donors (Lipinski definition) is 2. The van der Waals surface area contributed by atoms with Crippen LogP contribution in [0.15, 0.2) is 47.4 Å². The van der Waals surface area contributed by atoms with E-state index < -0.39 is 5.91 Å². The van der Waals surface area contributed by atoms with Crippen molar-refractivity contribution in [1.82, 2.24) is 10.9 Å². The highest BCUT2D eigenvalue weighted by molar-refractivity contribution is 8.00. The first-order valence-corrected chi connectivity index (χ1v) is 8.90. The van der Waals surface area contributed by atoms with Gasteiger partial charge in [-0.05, 0) is 44.0 Å². The molecule has 0 saturated heterocycles. The third-order valence-electron chi connectivity index (χ3n) is 3.49. The van der Waals surface area contributed by atoms with Gasteiger partial charge >= 0.3 is 0 Å². The molecular formula is C19H22N2O3S. The number of thioether (sulfide) groups is 1. The molecular weight excluding hydrogens is 336 g/mol. The van der Waals surface area contributed by atoms with Crippen molar-refractivity contribution in [3.8, 4) is 5.75 Å². The van der Waals surface area contributed by atoms with E-state index in [0.29, 0.717) is 5.75 Å². The third kappa shape index (κ3) is 6.15. The number of para-hydroxylation sites is 1. The Hall–Kier alpha value is -2.47. The predicted octanol–water partition coefficient (Wildman–Crippen LogP) is 2.93. The molecule has 0 unspecified atom stereocenters. The van der Waals surface area contributed by atoms with Crippen molar-refractivity contribution in [2.45, 2.75) is 25.7 Å². The second-order valence-corrected chi connectivity index (χ2v) is 6.76. The minimum atomic E-state index is -0.406. The molecule has 2 amide bonds. The fourth-order valence-corrected chi connectivity index (χ4v) is 2.86. The minimum Gasteiger partial charge on any atom is -0.483 e. The summed E-state index contributed by atoms with van der Waals surface area (Å²) < 4.78 is 5.53. The summed E-state index contributed by atoms with van der Waals surface area (Å²) in [5.74, 6) is 0.238. The fourth-order valence-electron chi connectivity index (χ4n) is 2.16. The summed E-state index contributed by atoms with van der Waals surface area (Å²) in [6.45, 7) is 5.70. The number of benzene rings is 2. The van der Waals surface area contributed by atoms with Gasteiger partial charge in [-0.1, -0.05) is 35.9 Å². The van der Waals surface area contributed by atoms with E-state index in [1.807, 2.05) is 63.2 Å². The second-order valence-electron chi connectivity index (χ2n) is 5.71. The summed E-state index contributed by atoms with van der Waals surface area (Å²) in [5.41, 5.74) is 7.85. The van der Waals surface area contributed by atoms with Crippen LogP contribution in [0.1, 0.15) is 16.7 Å². The zero-order valence-corrected chi connectivity index (χ0v) is 15.4. The number of carbonyl (C=O) groups is 2. The highest BCUT2D eigenvalue weighted by atomic mass is 32.2. The topological polar surface area (TPSA) is 67.4 Å². The van der Waals surface area contributed by atoms with Crippen LogP contribution < -0.4 is 15.6 Å². The first-order valence-electron chi connectivity index (χ1n) is 7.92. The first-order chi connectivity index (χ1) is 12.0. The monoisotopic (exact) mass is 358 g/mol. The number of nitrogens with one attached hydrogen (secondary N) is 2. The summed E-state index contributed by atoms with van der Waals surface area (Å²) >= 11 is 1.41. The van der Waals surface area contributed by atoms with Gasteiger partial charge in [-0.2, -0.15) is 0 Å². The van der Waals surface area contributed by atoms with Gasteiger partial charge in [0.25, 0.3) is 5.91 Å². The van der Waals surface area contributed by atoms with E-state index in [0.717, 1.165) is 16.0 Å². The van der Waals surface area contributed by atoms with Gasteiger partial charge < -0.3 is 4.74 Å². The number of rotatable bonds is 6. The van der Waals surface area contributed by atoms with Crippen molar-refractivity contribution in [1.29, 1.82) is 0 Å². The molecule has 0 aliphatic rings. The van der Waals surface area contributed by atoms with Crippen LogP contribution in [0.2, 0.25) is 0 Å². The molecule has 0 aliphatic heterocycles. The maximum absolute atomic E-state index is 11.8. The Morgan fingerprint density at radius 2 is 1.52 bits per heavy atom. The van der Waals surface area contributed by atoms with Gasteiger partial charge in [0.15, 0.2) is 6.61 Å².